The first-order chi connectivity index (χ1) is 10.8. The van der Waals surface area contributed by atoms with Crippen molar-refractivity contribution in [1.29, 1.82) is 0 Å². The minimum atomic E-state index is -0.548. The van der Waals surface area contributed by atoms with Crippen molar-refractivity contribution in [2.75, 3.05) is 12.4 Å². The fourth-order valence-corrected chi connectivity index (χ4v) is 5.50. The van der Waals surface area contributed by atoms with Crippen molar-refractivity contribution in [3.05, 3.63) is 28.5 Å². The number of methoxy groups -OCH3 is 1. The summed E-state index contributed by atoms with van der Waals surface area (Å²) in [4.78, 5) is 25.7. The van der Waals surface area contributed by atoms with Gasteiger partial charge in [-0.1, -0.05) is 37.9 Å². The van der Waals surface area contributed by atoms with E-state index in [1.807, 2.05) is 29.8 Å². The molecule has 1 saturated carbocycles. The molecule has 3 rings (SSSR count). The fraction of sp³-hybridized carbons (Fsp3) is 0.333. The third kappa shape index (κ3) is 2.90. The molecule has 1 aliphatic carbocycles. The van der Waals surface area contributed by atoms with Crippen molar-refractivity contribution in [2.24, 2.45) is 5.41 Å². The first kappa shape index (κ1) is 17.1. The van der Waals surface area contributed by atoms with Gasteiger partial charge in [0.1, 0.15) is 10.6 Å². The molecule has 0 radical (unpaired) electrons. The Morgan fingerprint density at radius 3 is 2.57 bits per heavy atom. The van der Waals surface area contributed by atoms with Gasteiger partial charge in [-0.3, -0.25) is 4.79 Å². The molecule has 2 heterocycles. The lowest BCUT2D eigenvalue weighted by molar-refractivity contribution is -0.120. The molecular formula is C15H13Br2NO3S2. The summed E-state index contributed by atoms with van der Waals surface area (Å²) < 4.78 is 4.52. The second-order valence-electron chi connectivity index (χ2n) is 5.49. The molecule has 1 aliphatic rings. The molecule has 2 aromatic heterocycles. The average molecular weight is 479 g/mol. The Labute approximate surface area is 158 Å². The Bertz CT molecular complexity index is 770. The molecule has 4 nitrogen and oxygen atoms in total. The standard InChI is InChI=1S/C15H13Br2NO3S2/c1-14(7-15(14,16)17)13(20)18-11-10(12(19)21-2)8(6-23-11)9-4-3-5-22-9/h3-6H,7H2,1-2H3,(H,18,20)/t14-/m0/s1. The third-order valence-electron chi connectivity index (χ3n) is 3.95. The maximum atomic E-state index is 12.6. The molecule has 0 unspecified atom stereocenters. The molecule has 0 aliphatic heterocycles. The zero-order valence-electron chi connectivity index (χ0n) is 12.3. The van der Waals surface area contributed by atoms with Crippen LogP contribution >= 0.6 is 54.5 Å². The minimum absolute atomic E-state index is 0.129. The summed E-state index contributed by atoms with van der Waals surface area (Å²) in [7, 11) is 1.34. The molecule has 0 bridgehead atoms. The Kier molecular flexibility index (Phi) is 4.46. The Balaban J connectivity index is 1.94. The summed E-state index contributed by atoms with van der Waals surface area (Å²) in [5, 5.41) is 7.23. The van der Waals surface area contributed by atoms with Gasteiger partial charge in [-0.25, -0.2) is 4.79 Å². The maximum absolute atomic E-state index is 12.6. The number of halogens is 2. The van der Waals surface area contributed by atoms with Crippen LogP contribution in [0.5, 0.6) is 0 Å². The molecule has 0 saturated heterocycles. The van der Waals surface area contributed by atoms with Crippen LogP contribution in [0.4, 0.5) is 5.00 Å². The molecule has 0 spiro atoms. The molecule has 0 aromatic carbocycles. The highest BCUT2D eigenvalue weighted by Crippen LogP contribution is 2.66. The number of alkyl halides is 2. The number of anilines is 1. The fourth-order valence-electron chi connectivity index (χ4n) is 2.26. The monoisotopic (exact) mass is 477 g/mol. The summed E-state index contributed by atoms with van der Waals surface area (Å²) >= 11 is 9.85. The zero-order valence-corrected chi connectivity index (χ0v) is 17.1. The van der Waals surface area contributed by atoms with Gasteiger partial charge in [0, 0.05) is 15.8 Å². The topological polar surface area (TPSA) is 55.4 Å². The predicted molar refractivity (Wildman–Crippen MR) is 101 cm³/mol. The second-order valence-corrected chi connectivity index (χ2v) is 11.1. The van der Waals surface area contributed by atoms with E-state index >= 15 is 0 Å². The third-order valence-corrected chi connectivity index (χ3v) is 8.06. The first-order valence-electron chi connectivity index (χ1n) is 6.73. The van der Waals surface area contributed by atoms with E-state index in [4.69, 9.17) is 4.74 Å². The van der Waals surface area contributed by atoms with Gasteiger partial charge < -0.3 is 10.1 Å². The van der Waals surface area contributed by atoms with E-state index in [0.717, 1.165) is 10.4 Å². The quantitative estimate of drug-likeness (QED) is 0.491. The molecule has 1 atom stereocenters. The van der Waals surface area contributed by atoms with Gasteiger partial charge >= 0.3 is 5.97 Å². The lowest BCUT2D eigenvalue weighted by atomic mass is 10.1. The molecule has 1 amide bonds. The number of amides is 1. The van der Waals surface area contributed by atoms with E-state index in [1.165, 1.54) is 29.8 Å². The van der Waals surface area contributed by atoms with Crippen LogP contribution in [0.15, 0.2) is 22.9 Å². The molecule has 2 aromatic rings. The summed E-state index contributed by atoms with van der Waals surface area (Å²) in [6.45, 7) is 1.87. The largest absolute Gasteiger partial charge is 0.465 e. The van der Waals surface area contributed by atoms with Crippen LogP contribution in [0.25, 0.3) is 10.4 Å². The van der Waals surface area contributed by atoms with E-state index in [2.05, 4.69) is 37.2 Å². The highest BCUT2D eigenvalue weighted by Gasteiger charge is 2.66. The summed E-state index contributed by atoms with van der Waals surface area (Å²) in [5.41, 5.74) is 0.650. The minimum Gasteiger partial charge on any atom is -0.465 e. The number of carbonyl (C=O) groups is 2. The van der Waals surface area contributed by atoms with E-state index in [0.29, 0.717) is 17.0 Å². The Morgan fingerprint density at radius 2 is 2.04 bits per heavy atom. The van der Waals surface area contributed by atoms with Crippen LogP contribution in [0.3, 0.4) is 0 Å². The SMILES string of the molecule is COC(=O)c1c(-c2cccs2)csc1NC(=O)[C@]1(C)CC1(Br)Br. The number of ether oxygens (including phenoxy) is 1. The predicted octanol–water partition coefficient (Wildman–Crippen LogP) is 5.10. The summed E-state index contributed by atoms with van der Waals surface area (Å²) in [6, 6.07) is 3.86. The maximum Gasteiger partial charge on any atom is 0.341 e. The number of nitrogens with one attached hydrogen (secondary N) is 1. The number of esters is 1. The number of thiophene rings is 2. The van der Waals surface area contributed by atoms with E-state index < -0.39 is 11.4 Å². The van der Waals surface area contributed by atoms with Gasteiger partial charge in [-0.2, -0.15) is 0 Å². The van der Waals surface area contributed by atoms with Crippen molar-refractivity contribution in [1.82, 2.24) is 0 Å². The van der Waals surface area contributed by atoms with Gasteiger partial charge in [0.2, 0.25) is 5.91 Å². The first-order valence-corrected chi connectivity index (χ1v) is 10.1. The lowest BCUT2D eigenvalue weighted by Gasteiger charge is -2.13. The van der Waals surface area contributed by atoms with Crippen LogP contribution in [0.1, 0.15) is 23.7 Å². The number of hydrogen-bond acceptors (Lipinski definition) is 5. The van der Waals surface area contributed by atoms with Crippen LogP contribution in [-0.4, -0.2) is 22.2 Å². The Hall–Kier alpha value is -0.700. The van der Waals surface area contributed by atoms with Gasteiger partial charge in [0.05, 0.1) is 15.8 Å². The van der Waals surface area contributed by atoms with E-state index in [-0.39, 0.29) is 9.14 Å². The zero-order chi connectivity index (χ0) is 16.8. The van der Waals surface area contributed by atoms with Crippen LogP contribution < -0.4 is 5.32 Å². The average Bonchev–Trinajstić information content (AvgIpc) is 2.96. The molecular weight excluding hydrogens is 466 g/mol. The molecule has 23 heavy (non-hydrogen) atoms. The van der Waals surface area contributed by atoms with Crippen molar-refractivity contribution in [3.63, 3.8) is 0 Å². The normalized spacial score (nSPS) is 21.7. The summed E-state index contributed by atoms with van der Waals surface area (Å²) in [5.74, 6) is -0.578. The lowest BCUT2D eigenvalue weighted by Crippen LogP contribution is -2.26. The number of rotatable bonds is 4. The van der Waals surface area contributed by atoms with Crippen LogP contribution in [0, 0.1) is 5.41 Å². The summed E-state index contributed by atoms with van der Waals surface area (Å²) in [6.07, 6.45) is 0.683. The van der Waals surface area contributed by atoms with E-state index in [1.54, 1.807) is 0 Å². The highest BCUT2D eigenvalue weighted by molar-refractivity contribution is 9.25. The number of hydrogen-bond donors (Lipinski definition) is 1. The van der Waals surface area contributed by atoms with Gasteiger partial charge in [0.25, 0.3) is 0 Å². The van der Waals surface area contributed by atoms with Gasteiger partial charge in [-0.15, -0.1) is 22.7 Å². The van der Waals surface area contributed by atoms with Crippen molar-refractivity contribution >= 4 is 71.4 Å². The molecule has 8 heteroatoms. The molecule has 1 fully saturated rings. The Morgan fingerprint density at radius 1 is 1.35 bits per heavy atom. The van der Waals surface area contributed by atoms with Gasteiger partial charge in [-0.05, 0) is 24.8 Å². The number of carbonyl (C=O) groups excluding carboxylic acids is 2. The van der Waals surface area contributed by atoms with Crippen molar-refractivity contribution < 1.29 is 14.3 Å². The van der Waals surface area contributed by atoms with Crippen molar-refractivity contribution in [3.8, 4) is 10.4 Å². The van der Waals surface area contributed by atoms with Crippen molar-refractivity contribution in [2.45, 2.75) is 16.6 Å². The molecule has 1 N–H and O–H groups in total. The smallest absolute Gasteiger partial charge is 0.341 e. The van der Waals surface area contributed by atoms with Crippen LogP contribution in [-0.2, 0) is 9.53 Å². The second kappa shape index (κ2) is 5.98. The van der Waals surface area contributed by atoms with Gasteiger partial charge in [0.15, 0.2) is 0 Å². The highest BCUT2D eigenvalue weighted by atomic mass is 79.9. The van der Waals surface area contributed by atoms with Crippen LogP contribution in [0.2, 0.25) is 0 Å². The molecule has 122 valence electrons. The van der Waals surface area contributed by atoms with E-state index in [9.17, 15) is 9.59 Å².